The van der Waals surface area contributed by atoms with Crippen LogP contribution in [0.3, 0.4) is 0 Å². The van der Waals surface area contributed by atoms with Crippen molar-refractivity contribution < 1.29 is 5.11 Å². The van der Waals surface area contributed by atoms with E-state index in [1.807, 2.05) is 6.20 Å². The topological polar surface area (TPSA) is 37.2 Å². The fourth-order valence-electron chi connectivity index (χ4n) is 1.66. The Labute approximate surface area is 116 Å². The SMILES string of the molecule is CCn1ccc(CNc2cc(Cl)c(O)c(Cl)c2)c1. The van der Waals surface area contributed by atoms with Crippen LogP contribution in [-0.2, 0) is 13.1 Å². The van der Waals surface area contributed by atoms with Crippen LogP contribution in [0.2, 0.25) is 10.0 Å². The minimum Gasteiger partial charge on any atom is -0.505 e. The zero-order valence-electron chi connectivity index (χ0n) is 9.95. The van der Waals surface area contributed by atoms with Crippen molar-refractivity contribution >= 4 is 28.9 Å². The van der Waals surface area contributed by atoms with Gasteiger partial charge in [-0.2, -0.15) is 0 Å². The molecule has 0 bridgehead atoms. The zero-order valence-corrected chi connectivity index (χ0v) is 11.5. The van der Waals surface area contributed by atoms with E-state index in [4.69, 9.17) is 23.2 Å². The van der Waals surface area contributed by atoms with Gasteiger partial charge in [-0.15, -0.1) is 0 Å². The summed E-state index contributed by atoms with van der Waals surface area (Å²) in [5, 5.41) is 13.2. The van der Waals surface area contributed by atoms with Crippen LogP contribution in [0.4, 0.5) is 5.69 Å². The Kier molecular flexibility index (Phi) is 4.04. The minimum atomic E-state index is -0.0824. The maximum Gasteiger partial charge on any atom is 0.152 e. The smallest absolute Gasteiger partial charge is 0.152 e. The summed E-state index contributed by atoms with van der Waals surface area (Å²) in [6.45, 7) is 3.73. The number of aryl methyl sites for hydroxylation is 1. The first kappa shape index (κ1) is 13.1. The molecular formula is C13H14Cl2N2O. The Morgan fingerprint density at radius 1 is 1.28 bits per heavy atom. The van der Waals surface area contributed by atoms with E-state index in [1.54, 1.807) is 12.1 Å². The summed E-state index contributed by atoms with van der Waals surface area (Å²) in [6.07, 6.45) is 4.12. The van der Waals surface area contributed by atoms with E-state index in [2.05, 4.69) is 29.1 Å². The fraction of sp³-hybridized carbons (Fsp3) is 0.231. The fourth-order valence-corrected chi connectivity index (χ4v) is 2.15. The number of benzene rings is 1. The molecule has 96 valence electrons. The largest absolute Gasteiger partial charge is 0.505 e. The minimum absolute atomic E-state index is 0.0824. The van der Waals surface area contributed by atoms with E-state index in [0.717, 1.165) is 12.2 Å². The zero-order chi connectivity index (χ0) is 13.1. The number of nitrogens with zero attached hydrogens (tertiary/aromatic N) is 1. The second-order valence-electron chi connectivity index (χ2n) is 3.99. The summed E-state index contributed by atoms with van der Waals surface area (Å²) in [5.74, 6) is -0.0824. The first-order chi connectivity index (χ1) is 8.60. The van der Waals surface area contributed by atoms with Crippen molar-refractivity contribution in [1.29, 1.82) is 0 Å². The molecule has 5 heteroatoms. The van der Waals surface area contributed by atoms with Gasteiger partial charge in [0, 0.05) is 31.2 Å². The van der Waals surface area contributed by atoms with Gasteiger partial charge in [0.1, 0.15) is 0 Å². The van der Waals surface area contributed by atoms with Crippen LogP contribution in [-0.4, -0.2) is 9.67 Å². The number of aromatic hydroxyl groups is 1. The number of nitrogens with one attached hydrogen (secondary N) is 1. The third-order valence-electron chi connectivity index (χ3n) is 2.69. The van der Waals surface area contributed by atoms with Crippen molar-refractivity contribution in [1.82, 2.24) is 4.57 Å². The van der Waals surface area contributed by atoms with E-state index >= 15 is 0 Å². The second-order valence-corrected chi connectivity index (χ2v) is 4.81. The average molecular weight is 285 g/mol. The average Bonchev–Trinajstić information content (AvgIpc) is 2.81. The van der Waals surface area contributed by atoms with E-state index in [-0.39, 0.29) is 15.8 Å². The summed E-state index contributed by atoms with van der Waals surface area (Å²) < 4.78 is 2.10. The molecule has 0 spiro atoms. The quantitative estimate of drug-likeness (QED) is 0.829. The van der Waals surface area contributed by atoms with E-state index < -0.39 is 0 Å². The molecule has 1 aromatic heterocycles. The molecule has 0 aliphatic rings. The van der Waals surface area contributed by atoms with E-state index in [1.165, 1.54) is 5.56 Å². The lowest BCUT2D eigenvalue weighted by Crippen LogP contribution is -1.98. The van der Waals surface area contributed by atoms with Crippen molar-refractivity contribution in [3.63, 3.8) is 0 Å². The molecule has 0 saturated heterocycles. The highest BCUT2D eigenvalue weighted by Crippen LogP contribution is 2.34. The van der Waals surface area contributed by atoms with Crippen molar-refractivity contribution in [2.45, 2.75) is 20.0 Å². The summed E-state index contributed by atoms with van der Waals surface area (Å²) in [6, 6.07) is 5.36. The molecule has 0 aliphatic heterocycles. The predicted octanol–water partition coefficient (Wildman–Crippen LogP) is 4.13. The van der Waals surface area contributed by atoms with E-state index in [9.17, 15) is 5.11 Å². The summed E-state index contributed by atoms with van der Waals surface area (Å²) >= 11 is 11.7. The highest BCUT2D eigenvalue weighted by Gasteiger charge is 2.06. The molecule has 0 fully saturated rings. The Balaban J connectivity index is 2.06. The molecule has 0 atom stereocenters. The van der Waals surface area contributed by atoms with Crippen molar-refractivity contribution in [2.75, 3.05) is 5.32 Å². The van der Waals surface area contributed by atoms with Crippen LogP contribution in [0, 0.1) is 0 Å². The van der Waals surface area contributed by atoms with Gasteiger partial charge < -0.3 is 15.0 Å². The molecule has 2 N–H and O–H groups in total. The summed E-state index contributed by atoms with van der Waals surface area (Å²) in [5.41, 5.74) is 1.96. The molecule has 18 heavy (non-hydrogen) atoms. The first-order valence-corrected chi connectivity index (χ1v) is 6.42. The maximum absolute atomic E-state index is 9.46. The number of hydrogen-bond acceptors (Lipinski definition) is 2. The highest BCUT2D eigenvalue weighted by molar-refractivity contribution is 6.37. The third kappa shape index (κ3) is 2.92. The maximum atomic E-state index is 9.46. The van der Waals surface area contributed by atoms with Crippen LogP contribution in [0.15, 0.2) is 30.6 Å². The first-order valence-electron chi connectivity index (χ1n) is 5.66. The molecular weight excluding hydrogens is 271 g/mol. The molecule has 1 aromatic carbocycles. The standard InChI is InChI=1S/C13H14Cl2N2O/c1-2-17-4-3-9(8-17)7-16-10-5-11(14)13(18)12(15)6-10/h3-6,8,16,18H,2,7H2,1H3. The number of hydrogen-bond donors (Lipinski definition) is 2. The third-order valence-corrected chi connectivity index (χ3v) is 3.27. The number of aromatic nitrogens is 1. The molecule has 3 nitrogen and oxygen atoms in total. The normalized spacial score (nSPS) is 10.6. The number of phenolic OH excluding ortho intramolecular Hbond substituents is 1. The number of anilines is 1. The van der Waals surface area contributed by atoms with Gasteiger partial charge in [0.2, 0.25) is 0 Å². The molecule has 1 heterocycles. The van der Waals surface area contributed by atoms with Crippen LogP contribution in [0.1, 0.15) is 12.5 Å². The lowest BCUT2D eigenvalue weighted by atomic mass is 10.2. The van der Waals surface area contributed by atoms with Crippen LogP contribution in [0.5, 0.6) is 5.75 Å². The number of phenols is 1. The molecule has 0 aliphatic carbocycles. The lowest BCUT2D eigenvalue weighted by molar-refractivity contribution is 0.476. The van der Waals surface area contributed by atoms with Gasteiger partial charge in [0.15, 0.2) is 5.75 Å². The van der Waals surface area contributed by atoms with Gasteiger partial charge in [-0.05, 0) is 30.7 Å². The molecule has 0 radical (unpaired) electrons. The molecule has 2 rings (SSSR count). The Morgan fingerprint density at radius 2 is 1.94 bits per heavy atom. The molecule has 0 amide bonds. The second kappa shape index (κ2) is 5.55. The van der Waals surface area contributed by atoms with Gasteiger partial charge in [-0.25, -0.2) is 0 Å². The molecule has 0 unspecified atom stereocenters. The van der Waals surface area contributed by atoms with Crippen molar-refractivity contribution in [2.24, 2.45) is 0 Å². The summed E-state index contributed by atoms with van der Waals surface area (Å²) in [7, 11) is 0. The van der Waals surface area contributed by atoms with Gasteiger partial charge in [-0.1, -0.05) is 23.2 Å². The van der Waals surface area contributed by atoms with Crippen molar-refractivity contribution in [3.05, 3.63) is 46.2 Å². The number of rotatable bonds is 4. The summed E-state index contributed by atoms with van der Waals surface area (Å²) in [4.78, 5) is 0. The van der Waals surface area contributed by atoms with Crippen LogP contribution >= 0.6 is 23.2 Å². The van der Waals surface area contributed by atoms with Gasteiger partial charge in [0.05, 0.1) is 10.0 Å². The Morgan fingerprint density at radius 3 is 2.50 bits per heavy atom. The molecule has 0 saturated carbocycles. The van der Waals surface area contributed by atoms with Crippen LogP contribution in [0.25, 0.3) is 0 Å². The predicted molar refractivity (Wildman–Crippen MR) is 75.6 cm³/mol. The lowest BCUT2D eigenvalue weighted by Gasteiger charge is -2.08. The van der Waals surface area contributed by atoms with Gasteiger partial charge in [-0.3, -0.25) is 0 Å². The van der Waals surface area contributed by atoms with Crippen LogP contribution < -0.4 is 5.32 Å². The Hall–Kier alpha value is -1.32. The Bertz CT molecular complexity index is 529. The van der Waals surface area contributed by atoms with Gasteiger partial charge in [0.25, 0.3) is 0 Å². The molecule has 2 aromatic rings. The van der Waals surface area contributed by atoms with E-state index in [0.29, 0.717) is 6.54 Å². The van der Waals surface area contributed by atoms with Crippen molar-refractivity contribution in [3.8, 4) is 5.75 Å². The van der Waals surface area contributed by atoms with Gasteiger partial charge >= 0.3 is 0 Å². The number of halogens is 2. The monoisotopic (exact) mass is 284 g/mol. The highest BCUT2D eigenvalue weighted by atomic mass is 35.5.